The highest BCUT2D eigenvalue weighted by Gasteiger charge is 2.32. The number of hydrogen-bond acceptors (Lipinski definition) is 3. The van der Waals surface area contributed by atoms with Crippen LogP contribution in [0, 0.1) is 17.2 Å². The van der Waals surface area contributed by atoms with Gasteiger partial charge in [-0.25, -0.2) is 0 Å². The van der Waals surface area contributed by atoms with Gasteiger partial charge in [-0.2, -0.15) is 5.26 Å². The molecule has 0 aliphatic heterocycles. The number of hydrogen-bond donors (Lipinski definition) is 1. The molecule has 2 unspecified atom stereocenters. The highest BCUT2D eigenvalue weighted by atomic mass is 16.3. The van der Waals surface area contributed by atoms with Crippen molar-refractivity contribution in [1.29, 1.82) is 5.26 Å². The van der Waals surface area contributed by atoms with Gasteiger partial charge in [-0.05, 0) is 6.92 Å². The Morgan fingerprint density at radius 1 is 1.82 bits per heavy atom. The molecule has 0 amide bonds. The second-order valence-corrected chi connectivity index (χ2v) is 2.80. The molecule has 0 saturated heterocycles. The van der Waals surface area contributed by atoms with Gasteiger partial charge in [-0.1, -0.05) is 13.8 Å². The van der Waals surface area contributed by atoms with Gasteiger partial charge in [0.15, 0.2) is 5.60 Å². The van der Waals surface area contributed by atoms with Crippen molar-refractivity contribution in [1.82, 2.24) is 0 Å². The van der Waals surface area contributed by atoms with E-state index in [0.717, 1.165) is 0 Å². The molecule has 1 N–H and O–H groups in total. The predicted octanol–water partition coefficient (Wildman–Crippen LogP) is 0.876. The van der Waals surface area contributed by atoms with E-state index in [1.807, 2.05) is 0 Å². The molecule has 0 spiro atoms. The van der Waals surface area contributed by atoms with E-state index in [9.17, 15) is 9.90 Å². The summed E-state index contributed by atoms with van der Waals surface area (Å²) in [5, 5.41) is 17.8. The lowest BCUT2D eigenvalue weighted by Gasteiger charge is -2.20. The maximum absolute atomic E-state index is 11.0. The summed E-state index contributed by atoms with van der Waals surface area (Å²) < 4.78 is 0. The first-order chi connectivity index (χ1) is 4.95. The zero-order valence-corrected chi connectivity index (χ0v) is 7.09. The van der Waals surface area contributed by atoms with Gasteiger partial charge < -0.3 is 5.11 Å². The van der Waals surface area contributed by atoms with Crippen LogP contribution in [-0.2, 0) is 4.79 Å². The van der Waals surface area contributed by atoms with Crippen LogP contribution < -0.4 is 0 Å². The topological polar surface area (TPSA) is 61.1 Å². The second-order valence-electron chi connectivity index (χ2n) is 2.80. The van der Waals surface area contributed by atoms with Crippen LogP contribution in [0.25, 0.3) is 0 Å². The lowest BCUT2D eigenvalue weighted by molar-refractivity contribution is -0.127. The Balaban J connectivity index is 4.38. The average molecular weight is 155 g/mol. The zero-order valence-electron chi connectivity index (χ0n) is 7.09. The van der Waals surface area contributed by atoms with Crippen molar-refractivity contribution in [2.75, 3.05) is 0 Å². The van der Waals surface area contributed by atoms with Crippen LogP contribution in [0.5, 0.6) is 0 Å². The molecule has 0 aliphatic carbocycles. The maximum atomic E-state index is 11.0. The molecule has 0 rings (SSSR count). The van der Waals surface area contributed by atoms with Crippen LogP contribution in [-0.4, -0.2) is 16.5 Å². The first-order valence-corrected chi connectivity index (χ1v) is 3.62. The van der Waals surface area contributed by atoms with Gasteiger partial charge in [-0.15, -0.1) is 0 Å². The Morgan fingerprint density at radius 3 is 2.55 bits per heavy atom. The number of aliphatic hydroxyl groups is 1. The fraction of sp³-hybridized carbons (Fsp3) is 0.750. The molecular formula is C8H13NO2. The van der Waals surface area contributed by atoms with Crippen LogP contribution in [0.2, 0.25) is 0 Å². The fourth-order valence-corrected chi connectivity index (χ4v) is 0.716. The van der Waals surface area contributed by atoms with Gasteiger partial charge in [0, 0.05) is 6.42 Å². The molecule has 0 fully saturated rings. The monoisotopic (exact) mass is 155 g/mol. The van der Waals surface area contributed by atoms with Crippen LogP contribution in [0.15, 0.2) is 0 Å². The lowest BCUT2D eigenvalue weighted by atomic mass is 9.88. The third kappa shape index (κ3) is 2.32. The minimum Gasteiger partial charge on any atom is -0.375 e. The van der Waals surface area contributed by atoms with Crippen LogP contribution in [0.4, 0.5) is 0 Å². The minimum absolute atomic E-state index is 0.0865. The van der Waals surface area contributed by atoms with Crippen molar-refractivity contribution in [3.8, 4) is 6.07 Å². The van der Waals surface area contributed by atoms with Gasteiger partial charge in [0.1, 0.15) is 5.78 Å². The SMILES string of the molecule is CCC(=O)C(C)C(C)(O)C#N. The van der Waals surface area contributed by atoms with E-state index in [2.05, 4.69) is 0 Å². The molecule has 3 heteroatoms. The number of carbonyl (C=O) groups is 1. The third-order valence-electron chi connectivity index (χ3n) is 1.90. The summed E-state index contributed by atoms with van der Waals surface area (Å²) in [6.45, 7) is 4.63. The van der Waals surface area contributed by atoms with Gasteiger partial charge in [0.05, 0.1) is 12.0 Å². The van der Waals surface area contributed by atoms with E-state index in [4.69, 9.17) is 5.26 Å². The van der Waals surface area contributed by atoms with Crippen molar-refractivity contribution >= 4 is 5.78 Å². The summed E-state index contributed by atoms with van der Waals surface area (Å²) >= 11 is 0. The summed E-state index contributed by atoms with van der Waals surface area (Å²) in [6, 6.07) is 1.69. The number of Topliss-reactive ketones (excluding diaryl/α,β-unsaturated/α-hetero) is 1. The van der Waals surface area contributed by atoms with E-state index < -0.39 is 11.5 Å². The minimum atomic E-state index is -1.52. The van der Waals surface area contributed by atoms with Crippen molar-refractivity contribution in [3.05, 3.63) is 0 Å². The molecule has 0 radical (unpaired) electrons. The van der Waals surface area contributed by atoms with E-state index in [1.165, 1.54) is 6.92 Å². The van der Waals surface area contributed by atoms with Crippen molar-refractivity contribution < 1.29 is 9.90 Å². The number of nitriles is 1. The molecule has 0 heterocycles. The Morgan fingerprint density at radius 2 is 2.27 bits per heavy atom. The second kappa shape index (κ2) is 3.49. The summed E-state index contributed by atoms with van der Waals surface area (Å²) in [5.41, 5.74) is -1.52. The van der Waals surface area contributed by atoms with E-state index in [0.29, 0.717) is 6.42 Å². The van der Waals surface area contributed by atoms with Crippen LogP contribution >= 0.6 is 0 Å². The summed E-state index contributed by atoms with van der Waals surface area (Å²) in [7, 11) is 0. The smallest absolute Gasteiger partial charge is 0.157 e. The fourth-order valence-electron chi connectivity index (χ4n) is 0.716. The summed E-state index contributed by atoms with van der Waals surface area (Å²) in [5.74, 6) is -0.686. The van der Waals surface area contributed by atoms with E-state index >= 15 is 0 Å². The van der Waals surface area contributed by atoms with Gasteiger partial charge in [0.2, 0.25) is 0 Å². The zero-order chi connectivity index (χ0) is 9.07. The molecular weight excluding hydrogens is 142 g/mol. The molecule has 11 heavy (non-hydrogen) atoms. The Hall–Kier alpha value is -0.880. The predicted molar refractivity (Wildman–Crippen MR) is 40.7 cm³/mol. The van der Waals surface area contributed by atoms with Crippen molar-refractivity contribution in [3.63, 3.8) is 0 Å². The molecule has 2 atom stereocenters. The number of nitrogens with zero attached hydrogens (tertiary/aromatic N) is 1. The maximum Gasteiger partial charge on any atom is 0.157 e. The first-order valence-electron chi connectivity index (χ1n) is 3.62. The van der Waals surface area contributed by atoms with E-state index in [-0.39, 0.29) is 5.78 Å². The van der Waals surface area contributed by atoms with Gasteiger partial charge in [-0.3, -0.25) is 4.79 Å². The molecule has 62 valence electrons. The normalized spacial score (nSPS) is 18.1. The molecule has 3 nitrogen and oxygen atoms in total. The quantitative estimate of drug-likeness (QED) is 0.615. The standard InChI is InChI=1S/C8H13NO2/c1-4-7(10)6(2)8(3,11)5-9/h6,11H,4H2,1-3H3. The first kappa shape index (κ1) is 10.1. The van der Waals surface area contributed by atoms with Crippen molar-refractivity contribution in [2.45, 2.75) is 32.8 Å². The number of ketones is 1. The Bertz CT molecular complexity index is 191. The summed E-state index contributed by atoms with van der Waals surface area (Å²) in [4.78, 5) is 11.0. The Kier molecular flexibility index (Phi) is 3.21. The molecule has 0 aliphatic rings. The molecule has 0 saturated carbocycles. The van der Waals surface area contributed by atoms with Crippen LogP contribution in [0.3, 0.4) is 0 Å². The molecule has 0 bridgehead atoms. The van der Waals surface area contributed by atoms with Crippen molar-refractivity contribution in [2.24, 2.45) is 5.92 Å². The highest BCUT2D eigenvalue weighted by Crippen LogP contribution is 2.17. The number of carbonyl (C=O) groups excluding carboxylic acids is 1. The van der Waals surface area contributed by atoms with E-state index in [1.54, 1.807) is 19.9 Å². The molecule has 0 aromatic heterocycles. The average Bonchev–Trinajstić information content (AvgIpc) is 2.01. The highest BCUT2D eigenvalue weighted by molar-refractivity contribution is 5.81. The third-order valence-corrected chi connectivity index (χ3v) is 1.90. The van der Waals surface area contributed by atoms with Gasteiger partial charge >= 0.3 is 0 Å². The largest absolute Gasteiger partial charge is 0.375 e. The van der Waals surface area contributed by atoms with Gasteiger partial charge in [0.25, 0.3) is 0 Å². The molecule has 0 aromatic carbocycles. The van der Waals surface area contributed by atoms with Crippen LogP contribution in [0.1, 0.15) is 27.2 Å². The summed E-state index contributed by atoms with van der Waals surface area (Å²) in [6.07, 6.45) is 0.360. The number of rotatable bonds is 3. The molecule has 0 aromatic rings. The lowest BCUT2D eigenvalue weighted by Crippen LogP contribution is -2.35. The Labute approximate surface area is 66.6 Å².